The minimum absolute atomic E-state index is 0.0614. The minimum atomic E-state index is -0.308. The van der Waals surface area contributed by atoms with E-state index >= 15 is 0 Å². The number of carbonyl (C=O) groups is 1. The van der Waals surface area contributed by atoms with Crippen molar-refractivity contribution in [2.24, 2.45) is 0 Å². The highest BCUT2D eigenvalue weighted by Gasteiger charge is 2.31. The van der Waals surface area contributed by atoms with Crippen molar-refractivity contribution < 1.29 is 13.9 Å². The monoisotopic (exact) mass is 382 g/mol. The highest BCUT2D eigenvalue weighted by molar-refractivity contribution is 5.78. The lowest BCUT2D eigenvalue weighted by Gasteiger charge is -2.39. The molecule has 4 nitrogen and oxygen atoms in total. The van der Waals surface area contributed by atoms with Crippen LogP contribution in [0.15, 0.2) is 42.5 Å². The number of hydrogen-bond acceptors (Lipinski definition) is 3. The quantitative estimate of drug-likeness (QED) is 0.790. The number of ether oxygens (including phenoxy) is 1. The number of halogens is 1. The van der Waals surface area contributed by atoms with Crippen LogP contribution in [-0.2, 0) is 11.3 Å². The molecule has 0 aliphatic carbocycles. The topological polar surface area (TPSA) is 32.8 Å². The van der Waals surface area contributed by atoms with Crippen molar-refractivity contribution in [3.63, 3.8) is 0 Å². The van der Waals surface area contributed by atoms with E-state index in [4.69, 9.17) is 4.74 Å². The molecule has 2 aliphatic rings. The first kappa shape index (κ1) is 18.8. The summed E-state index contributed by atoms with van der Waals surface area (Å²) in [7, 11) is 0. The van der Waals surface area contributed by atoms with Gasteiger partial charge < -0.3 is 14.5 Å². The first-order chi connectivity index (χ1) is 13.6. The third-order valence-corrected chi connectivity index (χ3v) is 5.70. The number of aryl methyl sites for hydroxylation is 1. The number of anilines is 1. The molecule has 0 N–H and O–H groups in total. The van der Waals surface area contributed by atoms with Crippen LogP contribution in [0.25, 0.3) is 0 Å². The molecule has 148 valence electrons. The fraction of sp³-hybridized carbons (Fsp3) is 0.435. The molecule has 1 fully saturated rings. The number of carbonyl (C=O) groups excluding carboxylic acids is 1. The average molecular weight is 382 g/mol. The van der Waals surface area contributed by atoms with Crippen LogP contribution in [0.3, 0.4) is 0 Å². The Balaban J connectivity index is 1.57. The molecule has 0 radical (unpaired) electrons. The molecule has 2 aromatic carbocycles. The van der Waals surface area contributed by atoms with Crippen molar-refractivity contribution >= 4 is 11.6 Å². The summed E-state index contributed by atoms with van der Waals surface area (Å²) in [6, 6.07) is 13.0. The van der Waals surface area contributed by atoms with Gasteiger partial charge in [0.25, 0.3) is 0 Å². The maximum atomic E-state index is 13.7. The lowest BCUT2D eigenvalue weighted by atomic mass is 10.0. The SMILES string of the molecule is Cc1ccc(CN2c3ccc(F)cc3OCC2CC(=O)N2CCCCC2)cc1. The molecule has 2 heterocycles. The van der Waals surface area contributed by atoms with E-state index in [1.54, 1.807) is 6.07 Å². The van der Waals surface area contributed by atoms with Crippen LogP contribution in [-0.4, -0.2) is 36.5 Å². The zero-order valence-corrected chi connectivity index (χ0v) is 16.4. The van der Waals surface area contributed by atoms with E-state index in [9.17, 15) is 9.18 Å². The maximum absolute atomic E-state index is 13.7. The highest BCUT2D eigenvalue weighted by Crippen LogP contribution is 2.36. The van der Waals surface area contributed by atoms with Crippen LogP contribution in [0.5, 0.6) is 5.75 Å². The number of fused-ring (bicyclic) bond motifs is 1. The molecule has 2 aliphatic heterocycles. The standard InChI is InChI=1S/C23H27FN2O2/c1-17-5-7-18(8-6-17)15-26-20(14-23(27)25-11-3-2-4-12-25)16-28-22-13-19(24)9-10-21(22)26/h5-10,13,20H,2-4,11-12,14-16H2,1H3. The molecule has 0 bridgehead atoms. The van der Waals surface area contributed by atoms with Crippen molar-refractivity contribution in [3.8, 4) is 5.75 Å². The van der Waals surface area contributed by atoms with E-state index in [0.29, 0.717) is 25.3 Å². The lowest BCUT2D eigenvalue weighted by molar-refractivity contribution is -0.132. The van der Waals surface area contributed by atoms with Gasteiger partial charge >= 0.3 is 0 Å². The number of benzene rings is 2. The van der Waals surface area contributed by atoms with Gasteiger partial charge in [-0.05, 0) is 43.9 Å². The molecule has 1 atom stereocenters. The third-order valence-electron chi connectivity index (χ3n) is 5.70. The number of rotatable bonds is 4. The molecule has 2 aromatic rings. The lowest BCUT2D eigenvalue weighted by Crippen LogP contribution is -2.47. The predicted molar refractivity (Wildman–Crippen MR) is 108 cm³/mol. The summed E-state index contributed by atoms with van der Waals surface area (Å²) in [6.45, 7) is 4.83. The van der Waals surface area contributed by atoms with Gasteiger partial charge in [0.05, 0.1) is 18.2 Å². The zero-order chi connectivity index (χ0) is 19.5. The Morgan fingerprint density at radius 1 is 1.11 bits per heavy atom. The summed E-state index contributed by atoms with van der Waals surface area (Å²) in [5.41, 5.74) is 3.23. The minimum Gasteiger partial charge on any atom is -0.489 e. The summed E-state index contributed by atoms with van der Waals surface area (Å²) in [5.74, 6) is 0.429. The number of piperidine rings is 1. The molecular formula is C23H27FN2O2. The second-order valence-corrected chi connectivity index (χ2v) is 7.84. The van der Waals surface area contributed by atoms with Crippen molar-refractivity contribution in [3.05, 3.63) is 59.4 Å². The van der Waals surface area contributed by atoms with Gasteiger partial charge in [-0.2, -0.15) is 0 Å². The fourth-order valence-electron chi connectivity index (χ4n) is 4.06. The molecule has 5 heteroatoms. The molecule has 0 spiro atoms. The Morgan fingerprint density at radius 2 is 1.86 bits per heavy atom. The van der Waals surface area contributed by atoms with Crippen LogP contribution < -0.4 is 9.64 Å². The summed E-state index contributed by atoms with van der Waals surface area (Å²) in [4.78, 5) is 17.0. The molecular weight excluding hydrogens is 355 g/mol. The van der Waals surface area contributed by atoms with Gasteiger partial charge in [0.2, 0.25) is 5.91 Å². The van der Waals surface area contributed by atoms with Crippen LogP contribution >= 0.6 is 0 Å². The van der Waals surface area contributed by atoms with Crippen molar-refractivity contribution in [2.45, 2.75) is 45.2 Å². The second-order valence-electron chi connectivity index (χ2n) is 7.84. The summed E-state index contributed by atoms with van der Waals surface area (Å²) in [5, 5.41) is 0. The van der Waals surface area contributed by atoms with E-state index < -0.39 is 0 Å². The summed E-state index contributed by atoms with van der Waals surface area (Å²) >= 11 is 0. The molecule has 4 rings (SSSR count). The van der Waals surface area contributed by atoms with Crippen molar-refractivity contribution in [1.29, 1.82) is 0 Å². The predicted octanol–water partition coefficient (Wildman–Crippen LogP) is 4.30. The second kappa shape index (κ2) is 8.21. The normalized spacial score (nSPS) is 19.1. The molecule has 1 saturated heterocycles. The van der Waals surface area contributed by atoms with Gasteiger partial charge in [0.15, 0.2) is 0 Å². The Labute approximate surface area is 165 Å². The van der Waals surface area contributed by atoms with E-state index in [-0.39, 0.29) is 17.8 Å². The van der Waals surface area contributed by atoms with Crippen LogP contribution in [0.1, 0.15) is 36.8 Å². The van der Waals surface area contributed by atoms with Gasteiger partial charge in [0, 0.05) is 25.7 Å². The number of nitrogens with zero attached hydrogens (tertiary/aromatic N) is 2. The van der Waals surface area contributed by atoms with E-state index in [1.165, 1.54) is 24.1 Å². The van der Waals surface area contributed by atoms with Gasteiger partial charge in [-0.3, -0.25) is 4.79 Å². The third kappa shape index (κ3) is 4.13. The average Bonchev–Trinajstić information content (AvgIpc) is 2.71. The smallest absolute Gasteiger partial charge is 0.224 e. The van der Waals surface area contributed by atoms with Gasteiger partial charge in [-0.1, -0.05) is 29.8 Å². The van der Waals surface area contributed by atoms with Crippen LogP contribution in [0, 0.1) is 12.7 Å². The number of hydrogen-bond donors (Lipinski definition) is 0. The van der Waals surface area contributed by atoms with Crippen molar-refractivity contribution in [1.82, 2.24) is 4.90 Å². The van der Waals surface area contributed by atoms with Gasteiger partial charge in [-0.25, -0.2) is 4.39 Å². The molecule has 1 amide bonds. The Kier molecular flexibility index (Phi) is 5.51. The Hall–Kier alpha value is -2.56. The van der Waals surface area contributed by atoms with Crippen LogP contribution in [0.4, 0.5) is 10.1 Å². The first-order valence-electron chi connectivity index (χ1n) is 10.1. The highest BCUT2D eigenvalue weighted by atomic mass is 19.1. The molecule has 0 aromatic heterocycles. The first-order valence-corrected chi connectivity index (χ1v) is 10.1. The van der Waals surface area contributed by atoms with Crippen molar-refractivity contribution in [2.75, 3.05) is 24.6 Å². The largest absolute Gasteiger partial charge is 0.489 e. The van der Waals surface area contributed by atoms with Gasteiger partial charge in [0.1, 0.15) is 18.2 Å². The number of amides is 1. The van der Waals surface area contributed by atoms with E-state index in [1.807, 2.05) is 4.90 Å². The zero-order valence-electron chi connectivity index (χ0n) is 16.4. The van der Waals surface area contributed by atoms with Gasteiger partial charge in [-0.15, -0.1) is 0 Å². The Morgan fingerprint density at radius 3 is 2.61 bits per heavy atom. The maximum Gasteiger partial charge on any atom is 0.224 e. The Bertz CT molecular complexity index is 831. The fourth-order valence-corrected chi connectivity index (χ4v) is 4.06. The summed E-state index contributed by atoms with van der Waals surface area (Å²) in [6.07, 6.45) is 3.79. The molecule has 0 saturated carbocycles. The molecule has 1 unspecified atom stereocenters. The molecule has 28 heavy (non-hydrogen) atoms. The van der Waals surface area contributed by atoms with E-state index in [2.05, 4.69) is 36.1 Å². The van der Waals surface area contributed by atoms with Crippen LogP contribution in [0.2, 0.25) is 0 Å². The van der Waals surface area contributed by atoms with E-state index in [0.717, 1.165) is 37.2 Å². The summed E-state index contributed by atoms with van der Waals surface area (Å²) < 4.78 is 19.5. The number of likely N-dealkylation sites (tertiary alicyclic amines) is 1.